The maximum absolute atomic E-state index is 11.9. The quantitative estimate of drug-likeness (QED) is 0.726. The lowest BCUT2D eigenvalue weighted by atomic mass is 10.1. The minimum atomic E-state index is -3.66. The van der Waals surface area contributed by atoms with Gasteiger partial charge in [0.1, 0.15) is 5.75 Å². The van der Waals surface area contributed by atoms with Crippen LogP contribution in [-0.2, 0) is 26.2 Å². The van der Waals surface area contributed by atoms with Crippen molar-refractivity contribution in [3.05, 3.63) is 28.8 Å². The highest BCUT2D eigenvalue weighted by atomic mass is 35.5. The molecule has 1 aliphatic heterocycles. The van der Waals surface area contributed by atoms with E-state index in [0.29, 0.717) is 23.7 Å². The van der Waals surface area contributed by atoms with Crippen LogP contribution in [0.25, 0.3) is 0 Å². The number of nitrogens with zero attached hydrogens (tertiary/aromatic N) is 1. The van der Waals surface area contributed by atoms with E-state index in [0.717, 1.165) is 19.1 Å². The van der Waals surface area contributed by atoms with Gasteiger partial charge in [0.25, 0.3) is 0 Å². The molecule has 6 nitrogen and oxygen atoms in total. The lowest BCUT2D eigenvalue weighted by Crippen LogP contribution is -2.35. The summed E-state index contributed by atoms with van der Waals surface area (Å²) in [6, 6.07) is 4.64. The third kappa shape index (κ3) is 5.67. The second kappa shape index (κ2) is 7.51. The lowest BCUT2D eigenvalue weighted by Gasteiger charge is -2.25. The molecule has 1 heterocycles. The van der Waals surface area contributed by atoms with Crippen molar-refractivity contribution in [3.63, 3.8) is 0 Å². The number of halogens is 1. The maximum atomic E-state index is 11.9. The van der Waals surface area contributed by atoms with E-state index in [2.05, 4.69) is 0 Å². The Morgan fingerprint density at radius 2 is 2.22 bits per heavy atom. The topological polar surface area (TPSA) is 72.9 Å². The summed E-state index contributed by atoms with van der Waals surface area (Å²) in [7, 11) is -3.66. The van der Waals surface area contributed by atoms with Crippen LogP contribution in [0.5, 0.6) is 5.75 Å². The molecular weight excluding hydrogens is 342 g/mol. The number of amides is 1. The third-order valence-corrected chi connectivity index (χ3v) is 4.24. The Morgan fingerprint density at radius 3 is 2.78 bits per heavy atom. The molecule has 1 aromatic rings. The van der Waals surface area contributed by atoms with Crippen molar-refractivity contribution >= 4 is 27.6 Å². The lowest BCUT2D eigenvalue weighted by molar-refractivity contribution is -0.131. The fourth-order valence-corrected chi connectivity index (χ4v) is 3.14. The zero-order chi connectivity index (χ0) is 17.0. The SMILES string of the molecule is CC(=O)N(Cc1cc(Cl)ccc1OS(C)(=O)=O)C[C@@H]1CCCO1. The molecule has 0 aromatic heterocycles. The molecule has 0 spiro atoms. The predicted octanol–water partition coefficient (Wildman–Crippen LogP) is 2.21. The molecule has 1 amide bonds. The van der Waals surface area contributed by atoms with Gasteiger partial charge in [0.15, 0.2) is 0 Å². The molecule has 2 rings (SSSR count). The Balaban J connectivity index is 2.20. The number of benzene rings is 1. The van der Waals surface area contributed by atoms with E-state index >= 15 is 0 Å². The fraction of sp³-hybridized carbons (Fsp3) is 0.533. The van der Waals surface area contributed by atoms with Gasteiger partial charge in [-0.15, -0.1) is 0 Å². The molecular formula is C15H20ClNO5S. The standard InChI is InChI=1S/C15H20ClNO5S/c1-11(18)17(10-14-4-3-7-21-14)9-12-8-13(16)5-6-15(12)22-23(2,19)20/h5-6,8,14H,3-4,7,9-10H2,1-2H3/t14-/m0/s1. The molecule has 0 aliphatic carbocycles. The van der Waals surface area contributed by atoms with Crippen molar-refractivity contribution < 1.29 is 22.1 Å². The van der Waals surface area contributed by atoms with Gasteiger partial charge in [-0.25, -0.2) is 0 Å². The highest BCUT2D eigenvalue weighted by Gasteiger charge is 2.22. The Bertz CT molecular complexity index is 670. The maximum Gasteiger partial charge on any atom is 0.306 e. The van der Waals surface area contributed by atoms with E-state index in [1.807, 2.05) is 0 Å². The van der Waals surface area contributed by atoms with Crippen LogP contribution in [0.2, 0.25) is 5.02 Å². The molecule has 0 saturated carbocycles. The Kier molecular flexibility index (Phi) is 5.89. The summed E-state index contributed by atoms with van der Waals surface area (Å²) in [6.07, 6.45) is 2.88. The molecule has 1 atom stereocenters. The largest absolute Gasteiger partial charge is 0.382 e. The van der Waals surface area contributed by atoms with Crippen LogP contribution in [0.15, 0.2) is 18.2 Å². The first-order valence-electron chi connectivity index (χ1n) is 7.29. The van der Waals surface area contributed by atoms with Crippen LogP contribution < -0.4 is 4.18 Å². The fourth-order valence-electron chi connectivity index (χ4n) is 2.46. The second-order valence-electron chi connectivity index (χ2n) is 5.57. The van der Waals surface area contributed by atoms with Crippen molar-refractivity contribution in [1.82, 2.24) is 4.90 Å². The summed E-state index contributed by atoms with van der Waals surface area (Å²) in [5.74, 6) is 0.0567. The van der Waals surface area contributed by atoms with Gasteiger partial charge in [0.05, 0.1) is 12.4 Å². The van der Waals surface area contributed by atoms with Crippen LogP contribution in [0, 0.1) is 0 Å². The molecule has 0 N–H and O–H groups in total. The van der Waals surface area contributed by atoms with Crippen molar-refractivity contribution in [2.24, 2.45) is 0 Å². The number of ether oxygens (including phenoxy) is 1. The van der Waals surface area contributed by atoms with Crippen LogP contribution in [-0.4, -0.2) is 44.7 Å². The molecule has 0 bridgehead atoms. The molecule has 128 valence electrons. The Hall–Kier alpha value is -1.31. The zero-order valence-corrected chi connectivity index (χ0v) is 14.7. The normalized spacial score (nSPS) is 18.0. The number of hydrogen-bond acceptors (Lipinski definition) is 5. The molecule has 23 heavy (non-hydrogen) atoms. The van der Waals surface area contributed by atoms with Gasteiger partial charge in [0.2, 0.25) is 5.91 Å². The monoisotopic (exact) mass is 361 g/mol. The first kappa shape index (κ1) is 18.0. The minimum Gasteiger partial charge on any atom is -0.382 e. The van der Waals surface area contributed by atoms with Crippen LogP contribution in [0.4, 0.5) is 0 Å². The molecule has 0 radical (unpaired) electrons. The Labute approximate surface area is 141 Å². The van der Waals surface area contributed by atoms with E-state index in [-0.39, 0.29) is 24.3 Å². The third-order valence-electron chi connectivity index (χ3n) is 3.52. The Morgan fingerprint density at radius 1 is 1.48 bits per heavy atom. The number of carbonyl (C=O) groups is 1. The van der Waals surface area contributed by atoms with Crippen molar-refractivity contribution in [2.45, 2.75) is 32.4 Å². The predicted molar refractivity (Wildman–Crippen MR) is 87.0 cm³/mol. The highest BCUT2D eigenvalue weighted by Crippen LogP contribution is 2.26. The molecule has 1 aliphatic rings. The van der Waals surface area contributed by atoms with Crippen molar-refractivity contribution in [3.8, 4) is 5.75 Å². The number of rotatable bonds is 6. The molecule has 1 aromatic carbocycles. The average molecular weight is 362 g/mol. The highest BCUT2D eigenvalue weighted by molar-refractivity contribution is 7.86. The summed E-state index contributed by atoms with van der Waals surface area (Å²) < 4.78 is 33.3. The molecule has 0 unspecified atom stereocenters. The number of hydrogen-bond donors (Lipinski definition) is 0. The van der Waals surface area contributed by atoms with E-state index in [1.54, 1.807) is 17.0 Å². The number of carbonyl (C=O) groups excluding carboxylic acids is 1. The molecule has 8 heteroatoms. The van der Waals surface area contributed by atoms with Crippen molar-refractivity contribution in [2.75, 3.05) is 19.4 Å². The van der Waals surface area contributed by atoms with E-state index in [1.165, 1.54) is 13.0 Å². The van der Waals surface area contributed by atoms with E-state index < -0.39 is 10.1 Å². The summed E-state index contributed by atoms with van der Waals surface area (Å²) in [5.41, 5.74) is 0.538. The first-order valence-corrected chi connectivity index (χ1v) is 9.49. The van der Waals surface area contributed by atoms with Crippen molar-refractivity contribution in [1.29, 1.82) is 0 Å². The van der Waals surface area contributed by atoms with Crippen LogP contribution >= 0.6 is 11.6 Å². The van der Waals surface area contributed by atoms with E-state index in [9.17, 15) is 13.2 Å². The van der Waals surface area contributed by atoms with E-state index in [4.69, 9.17) is 20.5 Å². The van der Waals surface area contributed by atoms with Gasteiger partial charge in [-0.1, -0.05) is 11.6 Å². The van der Waals surface area contributed by atoms with Gasteiger partial charge in [0, 0.05) is 37.2 Å². The second-order valence-corrected chi connectivity index (χ2v) is 7.59. The van der Waals surface area contributed by atoms with Crippen LogP contribution in [0.3, 0.4) is 0 Å². The van der Waals surface area contributed by atoms with Gasteiger partial charge in [-0.3, -0.25) is 4.79 Å². The van der Waals surface area contributed by atoms with Crippen LogP contribution in [0.1, 0.15) is 25.3 Å². The summed E-state index contributed by atoms with van der Waals surface area (Å²) in [4.78, 5) is 13.5. The summed E-state index contributed by atoms with van der Waals surface area (Å²) in [5, 5.41) is 0.446. The van der Waals surface area contributed by atoms with Gasteiger partial charge in [-0.2, -0.15) is 8.42 Å². The smallest absolute Gasteiger partial charge is 0.306 e. The zero-order valence-electron chi connectivity index (χ0n) is 13.1. The molecule has 1 fully saturated rings. The van der Waals surface area contributed by atoms with Gasteiger partial charge >= 0.3 is 10.1 Å². The summed E-state index contributed by atoms with van der Waals surface area (Å²) in [6.45, 7) is 2.84. The summed E-state index contributed by atoms with van der Waals surface area (Å²) >= 11 is 5.99. The first-order chi connectivity index (χ1) is 10.7. The van der Waals surface area contributed by atoms with Gasteiger partial charge in [-0.05, 0) is 31.0 Å². The molecule has 1 saturated heterocycles. The van der Waals surface area contributed by atoms with Gasteiger partial charge < -0.3 is 13.8 Å². The average Bonchev–Trinajstić information content (AvgIpc) is 2.92. The minimum absolute atomic E-state index is 0.0114.